The van der Waals surface area contributed by atoms with Gasteiger partial charge in [0.15, 0.2) is 11.9 Å². The summed E-state index contributed by atoms with van der Waals surface area (Å²) >= 11 is 0. The van der Waals surface area contributed by atoms with Gasteiger partial charge in [0.2, 0.25) is 0 Å². The second-order valence-electron chi connectivity index (χ2n) is 7.32. The fraction of sp³-hybridized carbons (Fsp3) is 0.524. The minimum absolute atomic E-state index is 0.000365. The zero-order valence-electron chi connectivity index (χ0n) is 16.7. The van der Waals surface area contributed by atoms with Gasteiger partial charge in [-0.25, -0.2) is 4.79 Å². The molecule has 0 aliphatic heterocycles. The van der Waals surface area contributed by atoms with E-state index in [9.17, 15) is 19.2 Å². The SMILES string of the molecule is Cc1ccc(C)c(C(=O)CCC(=O)O[C@H](C)C(=O)NC(=O)NC2CCCC2)c1. The molecular formula is C21H28N2O5. The van der Waals surface area contributed by atoms with Gasteiger partial charge in [-0.3, -0.25) is 19.7 Å². The van der Waals surface area contributed by atoms with Gasteiger partial charge in [-0.05, 0) is 45.2 Å². The van der Waals surface area contributed by atoms with Crippen molar-refractivity contribution in [2.24, 2.45) is 0 Å². The molecule has 1 aliphatic carbocycles. The third-order valence-corrected chi connectivity index (χ3v) is 4.85. The van der Waals surface area contributed by atoms with Crippen LogP contribution in [0.15, 0.2) is 18.2 Å². The predicted octanol–water partition coefficient (Wildman–Crippen LogP) is 2.97. The summed E-state index contributed by atoms with van der Waals surface area (Å²) in [5, 5.41) is 4.91. The number of carbonyl (C=O) groups excluding carboxylic acids is 4. The first-order chi connectivity index (χ1) is 13.3. The molecule has 0 spiro atoms. The Bertz CT molecular complexity index is 753. The summed E-state index contributed by atoms with van der Waals surface area (Å²) in [6.45, 7) is 5.13. The standard InChI is InChI=1S/C21H28N2O5/c1-13-8-9-14(2)17(12-13)18(24)10-11-19(25)28-15(3)20(26)23-21(27)22-16-6-4-5-7-16/h8-9,12,15-16H,4-7,10-11H2,1-3H3,(H2,22,23,26,27)/t15-/m1/s1. The summed E-state index contributed by atoms with van der Waals surface area (Å²) < 4.78 is 5.04. The molecule has 0 unspecified atom stereocenters. The van der Waals surface area contributed by atoms with E-state index in [1.807, 2.05) is 26.0 Å². The zero-order chi connectivity index (χ0) is 20.7. The molecule has 7 nitrogen and oxygen atoms in total. The van der Waals surface area contributed by atoms with Gasteiger partial charge < -0.3 is 10.1 Å². The van der Waals surface area contributed by atoms with Crippen molar-refractivity contribution in [3.63, 3.8) is 0 Å². The summed E-state index contributed by atoms with van der Waals surface area (Å²) in [6, 6.07) is 5.09. The Morgan fingerprint density at radius 3 is 2.46 bits per heavy atom. The van der Waals surface area contributed by atoms with E-state index in [-0.39, 0.29) is 24.7 Å². The number of urea groups is 1. The zero-order valence-corrected chi connectivity index (χ0v) is 16.7. The van der Waals surface area contributed by atoms with E-state index in [0.29, 0.717) is 5.56 Å². The van der Waals surface area contributed by atoms with Crippen molar-refractivity contribution in [3.05, 3.63) is 34.9 Å². The van der Waals surface area contributed by atoms with Crippen LogP contribution in [0.5, 0.6) is 0 Å². The lowest BCUT2D eigenvalue weighted by Gasteiger charge is -2.15. The topological polar surface area (TPSA) is 102 Å². The van der Waals surface area contributed by atoms with Gasteiger partial charge in [0.05, 0.1) is 6.42 Å². The molecule has 1 saturated carbocycles. The second-order valence-corrected chi connectivity index (χ2v) is 7.32. The molecular weight excluding hydrogens is 360 g/mol. The maximum atomic E-state index is 12.3. The maximum absolute atomic E-state index is 12.3. The predicted molar refractivity (Wildman–Crippen MR) is 104 cm³/mol. The van der Waals surface area contributed by atoms with E-state index in [1.165, 1.54) is 6.92 Å². The van der Waals surface area contributed by atoms with Crippen molar-refractivity contribution >= 4 is 23.7 Å². The number of hydrogen-bond donors (Lipinski definition) is 2. The Labute approximate surface area is 165 Å². The number of ether oxygens (including phenoxy) is 1. The van der Waals surface area contributed by atoms with E-state index >= 15 is 0 Å². The van der Waals surface area contributed by atoms with Gasteiger partial charge in [-0.15, -0.1) is 0 Å². The molecule has 28 heavy (non-hydrogen) atoms. The highest BCUT2D eigenvalue weighted by Crippen LogP contribution is 2.17. The number of hydrogen-bond acceptors (Lipinski definition) is 5. The van der Waals surface area contributed by atoms with E-state index in [1.54, 1.807) is 6.07 Å². The van der Waals surface area contributed by atoms with Crippen LogP contribution in [0.2, 0.25) is 0 Å². The second kappa shape index (κ2) is 10.0. The van der Waals surface area contributed by atoms with Gasteiger partial charge in [0, 0.05) is 18.0 Å². The van der Waals surface area contributed by atoms with E-state index in [4.69, 9.17) is 4.74 Å². The molecule has 0 heterocycles. The first-order valence-corrected chi connectivity index (χ1v) is 9.67. The lowest BCUT2D eigenvalue weighted by molar-refractivity contribution is -0.154. The number of benzene rings is 1. The quantitative estimate of drug-likeness (QED) is 0.552. The molecule has 7 heteroatoms. The molecule has 1 atom stereocenters. The fourth-order valence-electron chi connectivity index (χ4n) is 3.20. The molecule has 152 valence electrons. The highest BCUT2D eigenvalue weighted by atomic mass is 16.5. The number of carbonyl (C=O) groups is 4. The molecule has 2 rings (SSSR count). The fourth-order valence-corrected chi connectivity index (χ4v) is 3.20. The van der Waals surface area contributed by atoms with Crippen LogP contribution in [0.25, 0.3) is 0 Å². The number of rotatable bonds is 7. The Morgan fingerprint density at radius 2 is 1.79 bits per heavy atom. The van der Waals surface area contributed by atoms with Crippen LogP contribution < -0.4 is 10.6 Å². The Morgan fingerprint density at radius 1 is 1.11 bits per heavy atom. The van der Waals surface area contributed by atoms with Crippen LogP contribution in [0, 0.1) is 13.8 Å². The van der Waals surface area contributed by atoms with E-state index in [2.05, 4.69) is 10.6 Å². The van der Waals surface area contributed by atoms with Gasteiger partial charge in [0.1, 0.15) is 0 Å². The molecule has 0 radical (unpaired) electrons. The number of Topliss-reactive ketones (excluding diaryl/α,β-unsaturated/α-hetero) is 1. The lowest BCUT2D eigenvalue weighted by atomic mass is 9.99. The van der Waals surface area contributed by atoms with E-state index < -0.39 is 24.0 Å². The number of esters is 1. The number of amides is 3. The molecule has 0 saturated heterocycles. The normalized spacial score (nSPS) is 15.0. The average Bonchev–Trinajstić information content (AvgIpc) is 3.14. The number of nitrogens with one attached hydrogen (secondary N) is 2. The van der Waals surface area contributed by atoms with Crippen LogP contribution in [-0.2, 0) is 14.3 Å². The lowest BCUT2D eigenvalue weighted by Crippen LogP contribution is -2.47. The molecule has 1 fully saturated rings. The third-order valence-electron chi connectivity index (χ3n) is 4.85. The average molecular weight is 388 g/mol. The highest BCUT2D eigenvalue weighted by molar-refractivity contribution is 5.99. The number of aryl methyl sites for hydroxylation is 2. The first kappa shape index (κ1) is 21.6. The molecule has 1 aromatic rings. The summed E-state index contributed by atoms with van der Waals surface area (Å²) in [5.74, 6) is -1.49. The van der Waals surface area contributed by atoms with Crippen molar-refractivity contribution in [1.82, 2.24) is 10.6 Å². The molecule has 3 amide bonds. The molecule has 2 N–H and O–H groups in total. The monoisotopic (exact) mass is 388 g/mol. The van der Waals surface area contributed by atoms with Crippen LogP contribution in [-0.4, -0.2) is 35.8 Å². The first-order valence-electron chi connectivity index (χ1n) is 9.67. The van der Waals surface area contributed by atoms with Crippen molar-refractivity contribution < 1.29 is 23.9 Å². The van der Waals surface area contributed by atoms with Gasteiger partial charge >= 0.3 is 12.0 Å². The largest absolute Gasteiger partial charge is 0.453 e. The van der Waals surface area contributed by atoms with Gasteiger partial charge in [0.25, 0.3) is 5.91 Å². The Balaban J connectivity index is 1.75. The van der Waals surface area contributed by atoms with E-state index in [0.717, 1.165) is 36.8 Å². The van der Waals surface area contributed by atoms with Crippen LogP contribution >= 0.6 is 0 Å². The van der Waals surface area contributed by atoms with Crippen molar-refractivity contribution in [1.29, 1.82) is 0 Å². The third kappa shape index (κ3) is 6.48. The smallest absolute Gasteiger partial charge is 0.321 e. The summed E-state index contributed by atoms with van der Waals surface area (Å²) in [6.07, 6.45) is 2.69. The minimum Gasteiger partial charge on any atom is -0.453 e. The molecule has 0 bridgehead atoms. The molecule has 0 aromatic heterocycles. The minimum atomic E-state index is -1.11. The van der Waals surface area contributed by atoms with Crippen molar-refractivity contribution in [3.8, 4) is 0 Å². The Kier molecular flexibility index (Phi) is 7.72. The summed E-state index contributed by atoms with van der Waals surface area (Å²) in [7, 11) is 0. The Hall–Kier alpha value is -2.70. The summed E-state index contributed by atoms with van der Waals surface area (Å²) in [4.78, 5) is 48.1. The maximum Gasteiger partial charge on any atom is 0.321 e. The molecule has 1 aliphatic rings. The van der Waals surface area contributed by atoms with Gasteiger partial charge in [-0.2, -0.15) is 0 Å². The summed E-state index contributed by atoms with van der Waals surface area (Å²) in [5.41, 5.74) is 2.41. The van der Waals surface area contributed by atoms with Crippen molar-refractivity contribution in [2.75, 3.05) is 0 Å². The number of imide groups is 1. The highest BCUT2D eigenvalue weighted by Gasteiger charge is 2.23. The van der Waals surface area contributed by atoms with Gasteiger partial charge in [-0.1, -0.05) is 30.5 Å². The molecule has 1 aromatic carbocycles. The van der Waals surface area contributed by atoms with Crippen molar-refractivity contribution in [2.45, 2.75) is 71.4 Å². The van der Waals surface area contributed by atoms with Crippen LogP contribution in [0.4, 0.5) is 4.79 Å². The van der Waals surface area contributed by atoms with Crippen LogP contribution in [0.1, 0.15) is 66.9 Å². The van der Waals surface area contributed by atoms with Crippen LogP contribution in [0.3, 0.4) is 0 Å². The number of ketones is 1.